The maximum atomic E-state index is 12.0. The van der Waals surface area contributed by atoms with Gasteiger partial charge < -0.3 is 11.1 Å². The smallest absolute Gasteiger partial charge is 0.241 e. The van der Waals surface area contributed by atoms with Gasteiger partial charge in [0.05, 0.1) is 27.0 Å². The molecule has 7 heteroatoms. The summed E-state index contributed by atoms with van der Waals surface area (Å²) in [5.74, 6) is 0.625. The monoisotopic (exact) mass is 315 g/mol. The third-order valence-electron chi connectivity index (χ3n) is 2.67. The molecular formula is C12H14ClN3OS2. The zero-order chi connectivity index (χ0) is 13.8. The predicted octanol–water partition coefficient (Wildman–Crippen LogP) is 2.97. The molecule has 19 heavy (non-hydrogen) atoms. The number of hydrogen-bond donors (Lipinski definition) is 2. The number of carbonyl (C=O) groups is 1. The molecule has 0 saturated carbocycles. The van der Waals surface area contributed by atoms with Gasteiger partial charge in [-0.1, -0.05) is 11.6 Å². The van der Waals surface area contributed by atoms with E-state index in [0.717, 1.165) is 10.5 Å². The van der Waals surface area contributed by atoms with E-state index in [2.05, 4.69) is 10.3 Å². The van der Waals surface area contributed by atoms with Crippen LogP contribution in [0.15, 0.2) is 17.6 Å². The highest BCUT2D eigenvalue weighted by molar-refractivity contribution is 7.98. The van der Waals surface area contributed by atoms with Gasteiger partial charge in [0, 0.05) is 0 Å². The molecule has 0 saturated heterocycles. The van der Waals surface area contributed by atoms with Crippen molar-refractivity contribution in [1.29, 1.82) is 0 Å². The molecule has 1 aromatic heterocycles. The van der Waals surface area contributed by atoms with Gasteiger partial charge in [0.1, 0.15) is 5.52 Å². The molecule has 2 rings (SSSR count). The van der Waals surface area contributed by atoms with Crippen molar-refractivity contribution >= 4 is 56.5 Å². The number of benzene rings is 1. The first-order valence-corrected chi connectivity index (χ1v) is 8.35. The third kappa shape index (κ3) is 3.39. The summed E-state index contributed by atoms with van der Waals surface area (Å²) < 4.78 is 0.984. The van der Waals surface area contributed by atoms with Gasteiger partial charge in [-0.2, -0.15) is 11.8 Å². The molecule has 3 N–H and O–H groups in total. The van der Waals surface area contributed by atoms with Crippen molar-refractivity contribution < 1.29 is 4.79 Å². The van der Waals surface area contributed by atoms with E-state index in [-0.39, 0.29) is 5.91 Å². The lowest BCUT2D eigenvalue weighted by molar-refractivity contribution is -0.117. The number of amides is 1. The van der Waals surface area contributed by atoms with Crippen LogP contribution in [0.2, 0.25) is 5.02 Å². The number of nitrogens with one attached hydrogen (secondary N) is 1. The van der Waals surface area contributed by atoms with Crippen LogP contribution in [-0.2, 0) is 4.79 Å². The van der Waals surface area contributed by atoms with Crippen LogP contribution < -0.4 is 11.1 Å². The summed E-state index contributed by atoms with van der Waals surface area (Å²) in [4.78, 5) is 16.2. The largest absolute Gasteiger partial charge is 0.322 e. The number of aromatic nitrogens is 1. The van der Waals surface area contributed by atoms with Crippen LogP contribution in [0, 0.1) is 0 Å². The van der Waals surface area contributed by atoms with E-state index in [1.54, 1.807) is 23.3 Å². The van der Waals surface area contributed by atoms with Gasteiger partial charge in [0.15, 0.2) is 0 Å². The van der Waals surface area contributed by atoms with Crippen LogP contribution in [0.3, 0.4) is 0 Å². The van der Waals surface area contributed by atoms with Crippen LogP contribution in [0.1, 0.15) is 6.42 Å². The Kier molecular flexibility index (Phi) is 5.04. The highest BCUT2D eigenvalue weighted by Gasteiger charge is 2.17. The van der Waals surface area contributed by atoms with Gasteiger partial charge in [-0.3, -0.25) is 4.79 Å². The fraction of sp³-hybridized carbons (Fsp3) is 0.333. The molecule has 0 spiro atoms. The normalized spacial score (nSPS) is 12.6. The van der Waals surface area contributed by atoms with Crippen molar-refractivity contribution in [2.24, 2.45) is 5.73 Å². The van der Waals surface area contributed by atoms with Gasteiger partial charge in [-0.15, -0.1) is 11.3 Å². The van der Waals surface area contributed by atoms with Gasteiger partial charge in [-0.05, 0) is 30.6 Å². The maximum absolute atomic E-state index is 12.0. The van der Waals surface area contributed by atoms with Crippen LogP contribution >= 0.6 is 34.7 Å². The van der Waals surface area contributed by atoms with Crippen molar-refractivity contribution in [3.63, 3.8) is 0 Å². The van der Waals surface area contributed by atoms with E-state index in [4.69, 9.17) is 17.3 Å². The Labute approximate surface area is 124 Å². The minimum absolute atomic E-state index is 0.226. The maximum Gasteiger partial charge on any atom is 0.241 e. The van der Waals surface area contributed by atoms with Crippen molar-refractivity contribution in [2.75, 3.05) is 17.3 Å². The number of thiazole rings is 1. The molecule has 1 aromatic carbocycles. The first kappa shape index (κ1) is 14.6. The summed E-state index contributed by atoms with van der Waals surface area (Å²) in [6, 6.07) is 3.11. The molecule has 0 fully saturated rings. The molecule has 1 heterocycles. The zero-order valence-electron chi connectivity index (χ0n) is 10.4. The molecule has 0 aliphatic carbocycles. The number of nitrogens with two attached hydrogens (primary N) is 1. The Hall–Kier alpha value is -0.820. The number of thioether (sulfide) groups is 1. The van der Waals surface area contributed by atoms with Crippen molar-refractivity contribution in [2.45, 2.75) is 12.5 Å². The summed E-state index contributed by atoms with van der Waals surface area (Å²) >= 11 is 9.29. The quantitative estimate of drug-likeness (QED) is 0.890. The molecule has 0 unspecified atom stereocenters. The lowest BCUT2D eigenvalue weighted by Gasteiger charge is -2.13. The van der Waals surface area contributed by atoms with Gasteiger partial charge in [-0.25, -0.2) is 4.98 Å². The number of anilines is 1. The van der Waals surface area contributed by atoms with E-state index in [1.807, 2.05) is 12.3 Å². The molecule has 0 aliphatic rings. The Morgan fingerprint density at radius 3 is 3.16 bits per heavy atom. The van der Waals surface area contributed by atoms with Crippen molar-refractivity contribution in [1.82, 2.24) is 4.98 Å². The predicted molar refractivity (Wildman–Crippen MR) is 84.2 cm³/mol. The molecule has 1 amide bonds. The SMILES string of the molecule is CSCC[C@H](N)C(=O)Nc1c(Cl)ccc2scnc12. The summed E-state index contributed by atoms with van der Waals surface area (Å²) in [6.45, 7) is 0. The molecule has 2 aromatic rings. The van der Waals surface area contributed by atoms with Crippen LogP contribution in [0.25, 0.3) is 10.2 Å². The minimum atomic E-state index is -0.530. The second-order valence-electron chi connectivity index (χ2n) is 4.00. The lowest BCUT2D eigenvalue weighted by Crippen LogP contribution is -2.36. The Morgan fingerprint density at radius 2 is 2.42 bits per heavy atom. The zero-order valence-corrected chi connectivity index (χ0v) is 12.7. The van der Waals surface area contributed by atoms with Gasteiger partial charge in [0.2, 0.25) is 5.91 Å². The van der Waals surface area contributed by atoms with Crippen LogP contribution in [0.5, 0.6) is 0 Å². The van der Waals surface area contributed by atoms with Gasteiger partial charge in [0.25, 0.3) is 0 Å². The summed E-state index contributed by atoms with van der Waals surface area (Å²) in [5.41, 5.74) is 8.82. The topological polar surface area (TPSA) is 68.0 Å². The number of rotatable bonds is 5. The molecule has 4 nitrogen and oxygen atoms in total. The van der Waals surface area contributed by atoms with Crippen molar-refractivity contribution in [3.8, 4) is 0 Å². The number of fused-ring (bicyclic) bond motifs is 1. The van der Waals surface area contributed by atoms with Crippen LogP contribution in [0.4, 0.5) is 5.69 Å². The van der Waals surface area contributed by atoms with Gasteiger partial charge >= 0.3 is 0 Å². The van der Waals surface area contributed by atoms with E-state index in [0.29, 0.717) is 22.6 Å². The number of halogens is 1. The second-order valence-corrected chi connectivity index (χ2v) is 6.28. The van der Waals surface area contributed by atoms with Crippen LogP contribution in [-0.4, -0.2) is 28.9 Å². The molecule has 1 atom stereocenters. The number of carbonyl (C=O) groups excluding carboxylic acids is 1. The molecule has 0 bridgehead atoms. The fourth-order valence-corrected chi connectivity index (χ4v) is 2.99. The molecule has 0 aliphatic heterocycles. The average Bonchev–Trinajstić information content (AvgIpc) is 2.87. The summed E-state index contributed by atoms with van der Waals surface area (Å²) in [5, 5.41) is 3.26. The summed E-state index contributed by atoms with van der Waals surface area (Å²) in [6.07, 6.45) is 2.62. The first-order valence-electron chi connectivity index (χ1n) is 5.70. The molecular weight excluding hydrogens is 302 g/mol. The first-order chi connectivity index (χ1) is 9.13. The summed E-state index contributed by atoms with van der Waals surface area (Å²) in [7, 11) is 0. The second kappa shape index (κ2) is 6.56. The molecule has 102 valence electrons. The Balaban J connectivity index is 2.18. The molecule has 0 radical (unpaired) electrons. The number of hydrogen-bond acceptors (Lipinski definition) is 5. The highest BCUT2D eigenvalue weighted by atomic mass is 35.5. The van der Waals surface area contributed by atoms with Crippen molar-refractivity contribution in [3.05, 3.63) is 22.7 Å². The van der Waals surface area contributed by atoms with E-state index in [1.165, 1.54) is 11.3 Å². The Morgan fingerprint density at radius 1 is 1.63 bits per heavy atom. The van der Waals surface area contributed by atoms with E-state index < -0.39 is 6.04 Å². The highest BCUT2D eigenvalue weighted by Crippen LogP contribution is 2.32. The average molecular weight is 316 g/mol. The fourth-order valence-electron chi connectivity index (χ4n) is 1.62. The number of nitrogens with zero attached hydrogens (tertiary/aromatic N) is 1. The minimum Gasteiger partial charge on any atom is -0.322 e. The van der Waals surface area contributed by atoms with E-state index >= 15 is 0 Å². The standard InChI is InChI=1S/C12H14ClN3OS2/c1-18-5-4-8(14)12(17)16-10-7(13)2-3-9-11(10)15-6-19-9/h2-3,6,8H,4-5,14H2,1H3,(H,16,17)/t8-/m0/s1. The van der Waals surface area contributed by atoms with E-state index in [9.17, 15) is 4.79 Å². The lowest BCUT2D eigenvalue weighted by atomic mass is 10.2. The third-order valence-corrected chi connectivity index (χ3v) is 4.42. The Bertz CT molecular complexity index is 587.